The number of hydrogen-bond acceptors (Lipinski definition) is 5. The molecule has 1 N–H and O–H groups in total. The highest BCUT2D eigenvalue weighted by Gasteiger charge is 2.24. The zero-order valence-corrected chi connectivity index (χ0v) is 15.8. The van der Waals surface area contributed by atoms with Gasteiger partial charge in [-0.2, -0.15) is 0 Å². The van der Waals surface area contributed by atoms with Gasteiger partial charge in [0.2, 0.25) is 0 Å². The van der Waals surface area contributed by atoms with E-state index in [2.05, 4.69) is 25.2 Å². The molecule has 6 nitrogen and oxygen atoms in total. The lowest BCUT2D eigenvalue weighted by Gasteiger charge is -2.33. The maximum atomic E-state index is 13.0. The molecule has 1 fully saturated rings. The number of amides is 1. The fraction of sp³-hybridized carbons (Fsp3) is 0.300. The van der Waals surface area contributed by atoms with Crippen LogP contribution in [0.3, 0.4) is 0 Å². The molecule has 1 aromatic carbocycles. The Morgan fingerprint density at radius 2 is 2.22 bits per heavy atom. The lowest BCUT2D eigenvalue weighted by Crippen LogP contribution is -2.48. The summed E-state index contributed by atoms with van der Waals surface area (Å²) >= 11 is 6.27. The molecule has 7 heteroatoms. The SMILES string of the molecule is Cc1cc(C(=O)N[C@@H]2CCCN(c3cnccn3)C2)c2cccc(Cl)c2n1. The summed E-state index contributed by atoms with van der Waals surface area (Å²) in [5.41, 5.74) is 2.04. The highest BCUT2D eigenvalue weighted by atomic mass is 35.5. The van der Waals surface area contributed by atoms with Crippen LogP contribution in [0.15, 0.2) is 42.9 Å². The molecule has 3 heterocycles. The summed E-state index contributed by atoms with van der Waals surface area (Å²) in [6.07, 6.45) is 7.03. The average Bonchev–Trinajstić information content (AvgIpc) is 2.69. The van der Waals surface area contributed by atoms with Gasteiger partial charge in [0.25, 0.3) is 5.91 Å². The summed E-state index contributed by atoms with van der Waals surface area (Å²) in [6, 6.07) is 7.38. The number of anilines is 1. The van der Waals surface area contributed by atoms with Gasteiger partial charge in [-0.15, -0.1) is 0 Å². The maximum absolute atomic E-state index is 13.0. The van der Waals surface area contributed by atoms with Gasteiger partial charge in [-0.1, -0.05) is 23.7 Å². The molecule has 1 aliphatic heterocycles. The normalized spacial score (nSPS) is 17.1. The number of rotatable bonds is 3. The third-order valence-corrected chi connectivity index (χ3v) is 5.10. The van der Waals surface area contributed by atoms with Crippen LogP contribution < -0.4 is 10.2 Å². The molecule has 138 valence electrons. The van der Waals surface area contributed by atoms with Crippen molar-refractivity contribution in [2.45, 2.75) is 25.8 Å². The number of carbonyl (C=O) groups excluding carboxylic acids is 1. The van der Waals surface area contributed by atoms with Gasteiger partial charge >= 0.3 is 0 Å². The standard InChI is InChI=1S/C20H20ClN5O/c1-13-10-16(15-5-2-6-17(21)19(15)24-13)20(27)25-14-4-3-9-26(12-14)18-11-22-7-8-23-18/h2,5-8,10-11,14H,3-4,9,12H2,1H3,(H,25,27)/t14-/m1/s1. The second-order valence-corrected chi connectivity index (χ2v) is 7.18. The summed E-state index contributed by atoms with van der Waals surface area (Å²) in [7, 11) is 0. The van der Waals surface area contributed by atoms with Crippen molar-refractivity contribution >= 4 is 34.2 Å². The van der Waals surface area contributed by atoms with E-state index in [1.807, 2.05) is 25.1 Å². The van der Waals surface area contributed by atoms with Gasteiger partial charge in [-0.05, 0) is 31.9 Å². The number of para-hydroxylation sites is 1. The smallest absolute Gasteiger partial charge is 0.252 e. The van der Waals surface area contributed by atoms with Crippen LogP contribution in [0.1, 0.15) is 28.9 Å². The van der Waals surface area contributed by atoms with E-state index in [1.165, 1.54) is 0 Å². The first-order valence-electron chi connectivity index (χ1n) is 8.99. The Hall–Kier alpha value is -2.73. The number of benzene rings is 1. The Labute approximate surface area is 162 Å². The van der Waals surface area contributed by atoms with E-state index in [4.69, 9.17) is 11.6 Å². The Bertz CT molecular complexity index is 979. The second kappa shape index (κ2) is 7.48. The van der Waals surface area contributed by atoms with E-state index in [1.54, 1.807) is 24.7 Å². The van der Waals surface area contributed by atoms with E-state index in [0.29, 0.717) is 22.6 Å². The molecule has 1 saturated heterocycles. The van der Waals surface area contributed by atoms with Crippen molar-refractivity contribution in [1.82, 2.24) is 20.3 Å². The Kier molecular flexibility index (Phi) is 4.90. The predicted octanol–water partition coefficient (Wildman–Crippen LogP) is 3.39. The van der Waals surface area contributed by atoms with Crippen molar-refractivity contribution in [3.05, 3.63) is 59.1 Å². The fourth-order valence-electron chi connectivity index (χ4n) is 3.55. The van der Waals surface area contributed by atoms with E-state index >= 15 is 0 Å². The molecular formula is C20H20ClN5O. The summed E-state index contributed by atoms with van der Waals surface area (Å²) in [5.74, 6) is 0.743. The summed E-state index contributed by atoms with van der Waals surface area (Å²) in [5, 5.41) is 4.50. The second-order valence-electron chi connectivity index (χ2n) is 6.77. The first-order chi connectivity index (χ1) is 13.1. The Morgan fingerprint density at radius 3 is 3.04 bits per heavy atom. The monoisotopic (exact) mass is 381 g/mol. The van der Waals surface area contributed by atoms with Crippen LogP contribution in [0.4, 0.5) is 5.82 Å². The average molecular weight is 382 g/mol. The zero-order valence-electron chi connectivity index (χ0n) is 15.0. The highest BCUT2D eigenvalue weighted by molar-refractivity contribution is 6.35. The quantitative estimate of drug-likeness (QED) is 0.753. The lowest BCUT2D eigenvalue weighted by atomic mass is 10.0. The Balaban J connectivity index is 1.56. The molecule has 4 rings (SSSR count). The molecular weight excluding hydrogens is 362 g/mol. The maximum Gasteiger partial charge on any atom is 0.252 e. The van der Waals surface area contributed by atoms with E-state index in [9.17, 15) is 4.79 Å². The molecule has 3 aromatic rings. The third kappa shape index (κ3) is 3.71. The van der Waals surface area contributed by atoms with Crippen LogP contribution in [-0.4, -0.2) is 40.0 Å². The molecule has 0 radical (unpaired) electrons. The van der Waals surface area contributed by atoms with Crippen LogP contribution in [0.5, 0.6) is 0 Å². The molecule has 2 aromatic heterocycles. The third-order valence-electron chi connectivity index (χ3n) is 4.79. The van der Waals surface area contributed by atoms with Gasteiger partial charge in [-0.25, -0.2) is 4.98 Å². The van der Waals surface area contributed by atoms with Gasteiger partial charge in [0.1, 0.15) is 5.82 Å². The van der Waals surface area contributed by atoms with Gasteiger partial charge in [0, 0.05) is 42.6 Å². The van der Waals surface area contributed by atoms with E-state index in [-0.39, 0.29) is 11.9 Å². The topological polar surface area (TPSA) is 71.0 Å². The molecule has 0 bridgehead atoms. The summed E-state index contributed by atoms with van der Waals surface area (Å²) < 4.78 is 0. The first-order valence-corrected chi connectivity index (χ1v) is 9.37. The molecule has 0 saturated carbocycles. The van der Waals surface area contributed by atoms with Crippen LogP contribution in [0.2, 0.25) is 5.02 Å². The number of pyridine rings is 1. The molecule has 27 heavy (non-hydrogen) atoms. The number of nitrogens with one attached hydrogen (secondary N) is 1. The van der Waals surface area contributed by atoms with Crippen LogP contribution in [0, 0.1) is 6.92 Å². The number of aryl methyl sites for hydroxylation is 1. The summed E-state index contributed by atoms with van der Waals surface area (Å²) in [4.78, 5) is 28.1. The highest BCUT2D eigenvalue weighted by Crippen LogP contribution is 2.25. The van der Waals surface area contributed by atoms with E-state index in [0.717, 1.165) is 36.3 Å². The first kappa shape index (κ1) is 17.7. The number of hydrogen-bond donors (Lipinski definition) is 1. The van der Waals surface area contributed by atoms with Crippen molar-refractivity contribution in [3.8, 4) is 0 Å². The number of aromatic nitrogens is 3. The van der Waals surface area contributed by atoms with Crippen molar-refractivity contribution < 1.29 is 4.79 Å². The van der Waals surface area contributed by atoms with Crippen molar-refractivity contribution in [3.63, 3.8) is 0 Å². The minimum atomic E-state index is -0.0984. The number of fused-ring (bicyclic) bond motifs is 1. The van der Waals surface area contributed by atoms with Crippen LogP contribution in [0.25, 0.3) is 10.9 Å². The molecule has 0 aliphatic carbocycles. The number of piperidine rings is 1. The molecule has 1 aliphatic rings. The van der Waals surface area contributed by atoms with Crippen LogP contribution >= 0.6 is 11.6 Å². The van der Waals surface area contributed by atoms with Crippen molar-refractivity contribution in [2.24, 2.45) is 0 Å². The van der Waals surface area contributed by atoms with Gasteiger partial charge in [0.05, 0.1) is 22.3 Å². The Morgan fingerprint density at radius 1 is 1.33 bits per heavy atom. The van der Waals surface area contributed by atoms with Crippen molar-refractivity contribution in [1.29, 1.82) is 0 Å². The lowest BCUT2D eigenvalue weighted by molar-refractivity contribution is 0.0934. The summed E-state index contributed by atoms with van der Waals surface area (Å²) in [6.45, 7) is 3.50. The minimum absolute atomic E-state index is 0.0518. The molecule has 1 amide bonds. The molecule has 0 spiro atoms. The largest absolute Gasteiger partial charge is 0.353 e. The van der Waals surface area contributed by atoms with E-state index < -0.39 is 0 Å². The number of halogens is 1. The molecule has 1 atom stereocenters. The van der Waals surface area contributed by atoms with Crippen molar-refractivity contribution in [2.75, 3.05) is 18.0 Å². The van der Waals surface area contributed by atoms with Gasteiger partial charge in [0.15, 0.2) is 0 Å². The van der Waals surface area contributed by atoms with Gasteiger partial charge < -0.3 is 10.2 Å². The molecule has 0 unspecified atom stereocenters. The minimum Gasteiger partial charge on any atom is -0.353 e. The zero-order chi connectivity index (χ0) is 18.8. The van der Waals surface area contributed by atoms with Gasteiger partial charge in [-0.3, -0.25) is 14.8 Å². The predicted molar refractivity (Wildman–Crippen MR) is 106 cm³/mol. The number of nitrogens with zero attached hydrogens (tertiary/aromatic N) is 4. The fourth-order valence-corrected chi connectivity index (χ4v) is 3.77. The number of carbonyl (C=O) groups is 1. The van der Waals surface area contributed by atoms with Crippen LogP contribution in [-0.2, 0) is 0 Å².